The van der Waals surface area contributed by atoms with Crippen molar-refractivity contribution >= 4 is 42.7 Å². The fourth-order valence-corrected chi connectivity index (χ4v) is 6.50. The first-order chi connectivity index (χ1) is 5.70. The minimum absolute atomic E-state index is 0.428. The third-order valence-electron chi connectivity index (χ3n) is 2.86. The Bertz CT molecular complexity index is 189. The van der Waals surface area contributed by atoms with Crippen LogP contribution in [0.4, 0.5) is 0 Å². The summed E-state index contributed by atoms with van der Waals surface area (Å²) in [4.78, 5) is 1.02. The Morgan fingerprint density at radius 2 is 1.33 bits per heavy atom. The molecule has 0 aromatic heterocycles. The van der Waals surface area contributed by atoms with Crippen LogP contribution in [0.5, 0.6) is 0 Å². The first-order valence-corrected chi connectivity index (χ1v) is 7.48. The van der Waals surface area contributed by atoms with E-state index in [1.807, 2.05) is 0 Å². The molecule has 2 heterocycles. The van der Waals surface area contributed by atoms with Gasteiger partial charge in [-0.15, -0.1) is 0 Å². The molecular weight excluding hydrogens is 304 g/mol. The Morgan fingerprint density at radius 1 is 0.917 bits per heavy atom. The van der Waals surface area contributed by atoms with Gasteiger partial charge in [0.05, 0.1) is 0 Å². The SMILES string of the molecule is O=S1[C@@H]2CC[C@H](Br)[C@H]1CC[C@@H]2Br. The van der Waals surface area contributed by atoms with Gasteiger partial charge in [-0.2, -0.15) is 0 Å². The fourth-order valence-electron chi connectivity index (χ4n) is 2.13. The second-order valence-corrected chi connectivity index (χ2v) is 7.81. The van der Waals surface area contributed by atoms with E-state index in [0.717, 1.165) is 12.8 Å². The van der Waals surface area contributed by atoms with Crippen LogP contribution in [0, 0.1) is 0 Å². The topological polar surface area (TPSA) is 17.1 Å². The summed E-state index contributed by atoms with van der Waals surface area (Å²) >= 11 is 7.26. The lowest BCUT2D eigenvalue weighted by Gasteiger charge is -2.39. The van der Waals surface area contributed by atoms with E-state index in [-0.39, 0.29) is 0 Å². The van der Waals surface area contributed by atoms with Crippen molar-refractivity contribution in [3.63, 3.8) is 0 Å². The summed E-state index contributed by atoms with van der Waals surface area (Å²) in [7, 11) is -0.590. The predicted molar refractivity (Wildman–Crippen MR) is 59.6 cm³/mol. The van der Waals surface area contributed by atoms with Crippen molar-refractivity contribution in [2.75, 3.05) is 0 Å². The average molecular weight is 316 g/mol. The van der Waals surface area contributed by atoms with E-state index in [4.69, 9.17) is 0 Å². The summed E-state index contributed by atoms with van der Waals surface area (Å²) in [5, 5.41) is 0.857. The van der Waals surface area contributed by atoms with Crippen molar-refractivity contribution in [1.29, 1.82) is 0 Å². The van der Waals surface area contributed by atoms with Gasteiger partial charge in [-0.05, 0) is 25.7 Å². The van der Waals surface area contributed by atoms with Crippen molar-refractivity contribution in [1.82, 2.24) is 0 Å². The normalized spacial score (nSPS) is 53.7. The quantitative estimate of drug-likeness (QED) is 0.628. The number of rotatable bonds is 0. The molecule has 0 N–H and O–H groups in total. The Kier molecular flexibility index (Phi) is 2.97. The van der Waals surface area contributed by atoms with Crippen LogP contribution >= 0.6 is 31.9 Å². The number of alkyl halides is 2. The first kappa shape index (κ1) is 9.66. The zero-order valence-electron chi connectivity index (χ0n) is 6.71. The smallest absolute Gasteiger partial charge is 0.0476 e. The lowest BCUT2D eigenvalue weighted by Crippen LogP contribution is -2.46. The molecule has 2 rings (SSSR count). The highest BCUT2D eigenvalue weighted by Gasteiger charge is 2.42. The minimum atomic E-state index is -0.590. The number of hydrogen-bond acceptors (Lipinski definition) is 1. The maximum absolute atomic E-state index is 11.9. The van der Waals surface area contributed by atoms with E-state index in [1.54, 1.807) is 0 Å². The van der Waals surface area contributed by atoms with E-state index in [1.165, 1.54) is 12.8 Å². The molecule has 1 nitrogen and oxygen atoms in total. The molecule has 2 saturated heterocycles. The largest absolute Gasteiger partial charge is 0.259 e. The highest BCUT2D eigenvalue weighted by Crippen LogP contribution is 2.39. The first-order valence-electron chi connectivity index (χ1n) is 4.37. The lowest BCUT2D eigenvalue weighted by molar-refractivity contribution is 0.488. The Labute approximate surface area is 92.4 Å². The van der Waals surface area contributed by atoms with Gasteiger partial charge in [0.25, 0.3) is 0 Å². The molecule has 0 saturated carbocycles. The third-order valence-corrected chi connectivity index (χ3v) is 8.07. The zero-order valence-corrected chi connectivity index (χ0v) is 10.7. The Morgan fingerprint density at radius 3 is 1.75 bits per heavy atom. The fraction of sp³-hybridized carbons (Fsp3) is 1.00. The number of fused-ring (bicyclic) bond motifs is 2. The average Bonchev–Trinajstić information content (AvgIpc) is 2.01. The monoisotopic (exact) mass is 314 g/mol. The van der Waals surface area contributed by atoms with Crippen LogP contribution < -0.4 is 0 Å². The van der Waals surface area contributed by atoms with Gasteiger partial charge < -0.3 is 0 Å². The number of halogens is 2. The van der Waals surface area contributed by atoms with Gasteiger partial charge in [0.2, 0.25) is 0 Å². The molecule has 0 aliphatic carbocycles. The predicted octanol–water partition coefficient (Wildman–Crippen LogP) is 2.59. The summed E-state index contributed by atoms with van der Waals surface area (Å²) in [6.45, 7) is 0. The summed E-state index contributed by atoms with van der Waals surface area (Å²) in [5.74, 6) is 0. The number of hydrogen-bond donors (Lipinski definition) is 0. The van der Waals surface area contributed by atoms with E-state index in [0.29, 0.717) is 20.2 Å². The molecule has 2 aliphatic rings. The van der Waals surface area contributed by atoms with Crippen molar-refractivity contribution in [2.24, 2.45) is 0 Å². The lowest BCUT2D eigenvalue weighted by atomic mass is 9.99. The highest BCUT2D eigenvalue weighted by atomic mass is 79.9. The van der Waals surface area contributed by atoms with Crippen LogP contribution in [0.1, 0.15) is 25.7 Å². The van der Waals surface area contributed by atoms with Crippen LogP contribution in [-0.4, -0.2) is 24.4 Å². The van der Waals surface area contributed by atoms with Crippen LogP contribution in [0.15, 0.2) is 0 Å². The van der Waals surface area contributed by atoms with E-state index in [2.05, 4.69) is 31.9 Å². The van der Waals surface area contributed by atoms with Crippen LogP contribution in [0.25, 0.3) is 0 Å². The second kappa shape index (κ2) is 3.70. The molecule has 0 spiro atoms. The van der Waals surface area contributed by atoms with Crippen LogP contribution in [0.3, 0.4) is 0 Å². The zero-order chi connectivity index (χ0) is 8.72. The molecule has 2 fully saturated rings. The highest BCUT2D eigenvalue weighted by molar-refractivity contribution is 9.10. The minimum Gasteiger partial charge on any atom is -0.259 e. The van der Waals surface area contributed by atoms with E-state index >= 15 is 0 Å². The molecule has 0 radical (unpaired) electrons. The van der Waals surface area contributed by atoms with Crippen LogP contribution in [0.2, 0.25) is 0 Å². The van der Waals surface area contributed by atoms with Crippen molar-refractivity contribution in [3.8, 4) is 0 Å². The molecular formula is C8H12Br2OS. The standard InChI is InChI=1S/C8H12Br2OS/c9-5-1-3-7-6(10)2-4-8(5)12(7)11/h5-8H,1-4H2/t5-,6-,7+,8+/m0/s1. The summed E-state index contributed by atoms with van der Waals surface area (Å²) < 4.78 is 11.9. The van der Waals surface area contributed by atoms with Crippen LogP contribution in [-0.2, 0) is 10.8 Å². The van der Waals surface area contributed by atoms with E-state index < -0.39 is 10.8 Å². The molecule has 70 valence electrons. The molecule has 0 amide bonds. The third kappa shape index (κ3) is 1.55. The van der Waals surface area contributed by atoms with Gasteiger partial charge in [-0.3, -0.25) is 4.21 Å². The van der Waals surface area contributed by atoms with Crippen molar-refractivity contribution in [3.05, 3.63) is 0 Å². The second-order valence-electron chi connectivity index (χ2n) is 3.59. The van der Waals surface area contributed by atoms with E-state index in [9.17, 15) is 4.21 Å². The van der Waals surface area contributed by atoms with Gasteiger partial charge in [-0.1, -0.05) is 31.9 Å². The Hall–Kier alpha value is 1.11. The molecule has 0 unspecified atom stereocenters. The summed E-state index contributed by atoms with van der Waals surface area (Å²) in [6, 6.07) is 0. The maximum Gasteiger partial charge on any atom is 0.0476 e. The molecule has 2 aliphatic heterocycles. The maximum atomic E-state index is 11.9. The molecule has 0 aromatic rings. The van der Waals surface area contributed by atoms with Gasteiger partial charge in [0.15, 0.2) is 0 Å². The van der Waals surface area contributed by atoms with Gasteiger partial charge in [0, 0.05) is 31.0 Å². The molecule has 4 heteroatoms. The molecule has 2 bridgehead atoms. The van der Waals surface area contributed by atoms with Crippen molar-refractivity contribution in [2.45, 2.75) is 45.8 Å². The summed E-state index contributed by atoms with van der Waals surface area (Å²) in [5.41, 5.74) is 0. The van der Waals surface area contributed by atoms with Crippen molar-refractivity contribution < 1.29 is 4.21 Å². The Balaban J connectivity index is 2.18. The van der Waals surface area contributed by atoms with Gasteiger partial charge in [-0.25, -0.2) is 0 Å². The summed E-state index contributed by atoms with van der Waals surface area (Å²) in [6.07, 6.45) is 4.64. The van der Waals surface area contributed by atoms with Gasteiger partial charge >= 0.3 is 0 Å². The van der Waals surface area contributed by atoms with Gasteiger partial charge in [0.1, 0.15) is 0 Å². The molecule has 12 heavy (non-hydrogen) atoms. The molecule has 0 aromatic carbocycles. The molecule has 4 atom stereocenters.